The van der Waals surface area contributed by atoms with Crippen LogP contribution < -0.4 is 5.32 Å². The summed E-state index contributed by atoms with van der Waals surface area (Å²) in [5.74, 6) is -0.376. The minimum atomic E-state index is -0.298. The first-order valence-electron chi connectivity index (χ1n) is 7.37. The fourth-order valence-electron chi connectivity index (χ4n) is 2.50. The van der Waals surface area contributed by atoms with Crippen molar-refractivity contribution in [2.24, 2.45) is 5.92 Å². The van der Waals surface area contributed by atoms with Crippen LogP contribution >= 0.6 is 11.3 Å². The summed E-state index contributed by atoms with van der Waals surface area (Å²) >= 11 is 1.42. The third kappa shape index (κ3) is 4.04. The minimum absolute atomic E-state index is 0.0417. The highest BCUT2D eigenvalue weighted by Gasteiger charge is 2.39. The Morgan fingerprint density at radius 2 is 2.18 bits per heavy atom. The van der Waals surface area contributed by atoms with Gasteiger partial charge in [-0.25, -0.2) is 4.98 Å². The van der Waals surface area contributed by atoms with Crippen molar-refractivity contribution in [3.63, 3.8) is 0 Å². The lowest BCUT2D eigenvalue weighted by atomic mass is 10.1. The van der Waals surface area contributed by atoms with Gasteiger partial charge in [-0.3, -0.25) is 9.59 Å². The van der Waals surface area contributed by atoms with Gasteiger partial charge in [0, 0.05) is 30.4 Å². The first-order valence-corrected chi connectivity index (χ1v) is 8.25. The minimum Gasteiger partial charge on any atom is -0.337 e. The fourth-order valence-corrected chi connectivity index (χ4v) is 3.20. The molecule has 1 atom stereocenters. The Kier molecular flexibility index (Phi) is 4.87. The van der Waals surface area contributed by atoms with E-state index in [1.807, 2.05) is 45.1 Å². The molecule has 0 saturated carbocycles. The standard InChI is InChI=1S/C15H24N4O2S/c1-15(2,3)19-7-10(6-12(19)20)13(21)17-14-16-11(9-22-14)8-18(4)5/h9-10H,6-8H2,1-5H3,(H,16,17,21). The average molecular weight is 324 g/mol. The Labute approximate surface area is 135 Å². The Hall–Kier alpha value is -1.47. The molecule has 2 heterocycles. The quantitative estimate of drug-likeness (QED) is 0.917. The first-order chi connectivity index (χ1) is 10.2. The van der Waals surface area contributed by atoms with Gasteiger partial charge >= 0.3 is 0 Å². The Morgan fingerprint density at radius 3 is 2.73 bits per heavy atom. The Bertz CT molecular complexity index is 562. The monoisotopic (exact) mass is 324 g/mol. The molecule has 7 heteroatoms. The van der Waals surface area contributed by atoms with Gasteiger partial charge in [-0.2, -0.15) is 0 Å². The van der Waals surface area contributed by atoms with E-state index in [1.165, 1.54) is 11.3 Å². The maximum atomic E-state index is 12.3. The van der Waals surface area contributed by atoms with Crippen LogP contribution in [0.1, 0.15) is 32.9 Å². The van der Waals surface area contributed by atoms with Crippen LogP contribution in [-0.2, 0) is 16.1 Å². The number of aromatic nitrogens is 1. The normalized spacial score (nSPS) is 19.1. The van der Waals surface area contributed by atoms with Gasteiger partial charge in [0.25, 0.3) is 0 Å². The first kappa shape index (κ1) is 16.9. The van der Waals surface area contributed by atoms with E-state index in [9.17, 15) is 9.59 Å². The molecule has 22 heavy (non-hydrogen) atoms. The number of nitrogens with zero attached hydrogens (tertiary/aromatic N) is 3. The number of likely N-dealkylation sites (tertiary alicyclic amines) is 1. The summed E-state index contributed by atoms with van der Waals surface area (Å²) in [5, 5.41) is 5.38. The molecular formula is C15H24N4O2S. The van der Waals surface area contributed by atoms with Crippen LogP contribution in [0.3, 0.4) is 0 Å². The number of carbonyl (C=O) groups is 2. The number of anilines is 1. The molecule has 1 unspecified atom stereocenters. The molecular weight excluding hydrogens is 300 g/mol. The zero-order valence-corrected chi connectivity index (χ0v) is 14.7. The lowest BCUT2D eigenvalue weighted by Gasteiger charge is -2.31. The summed E-state index contributed by atoms with van der Waals surface area (Å²) in [6.07, 6.45) is 0.277. The van der Waals surface area contributed by atoms with Crippen LogP contribution in [0.2, 0.25) is 0 Å². The summed E-state index contributed by atoms with van der Waals surface area (Å²) in [6, 6.07) is 0. The van der Waals surface area contributed by atoms with Crippen LogP contribution in [0.15, 0.2) is 5.38 Å². The van der Waals surface area contributed by atoms with Crippen molar-refractivity contribution in [2.75, 3.05) is 26.0 Å². The van der Waals surface area contributed by atoms with E-state index in [2.05, 4.69) is 10.3 Å². The zero-order valence-electron chi connectivity index (χ0n) is 13.8. The lowest BCUT2D eigenvalue weighted by molar-refractivity contribution is -0.131. The van der Waals surface area contributed by atoms with Gasteiger partial charge in [0.05, 0.1) is 11.6 Å². The van der Waals surface area contributed by atoms with Crippen molar-refractivity contribution < 1.29 is 9.59 Å². The highest BCUT2D eigenvalue weighted by Crippen LogP contribution is 2.27. The molecule has 0 bridgehead atoms. The molecule has 1 aliphatic heterocycles. The van der Waals surface area contributed by atoms with Gasteiger partial charge in [-0.15, -0.1) is 11.3 Å². The summed E-state index contributed by atoms with van der Waals surface area (Å²) in [6.45, 7) is 7.18. The van der Waals surface area contributed by atoms with Crippen molar-refractivity contribution in [2.45, 2.75) is 39.3 Å². The number of hydrogen-bond acceptors (Lipinski definition) is 5. The third-order valence-corrected chi connectivity index (χ3v) is 4.37. The zero-order chi connectivity index (χ0) is 16.5. The number of hydrogen-bond donors (Lipinski definition) is 1. The molecule has 1 fully saturated rings. The van der Waals surface area contributed by atoms with Crippen molar-refractivity contribution in [1.82, 2.24) is 14.8 Å². The van der Waals surface area contributed by atoms with Crippen LogP contribution in [-0.4, -0.2) is 52.8 Å². The van der Waals surface area contributed by atoms with Crippen LogP contribution in [0.4, 0.5) is 5.13 Å². The maximum Gasteiger partial charge on any atom is 0.231 e. The molecule has 1 aromatic heterocycles. The molecule has 0 spiro atoms. The molecule has 1 aromatic rings. The van der Waals surface area contributed by atoms with E-state index in [0.29, 0.717) is 11.7 Å². The van der Waals surface area contributed by atoms with Crippen LogP contribution in [0, 0.1) is 5.92 Å². The van der Waals surface area contributed by atoms with Crippen LogP contribution in [0.25, 0.3) is 0 Å². The third-order valence-electron chi connectivity index (χ3n) is 3.57. The Balaban J connectivity index is 1.96. The molecule has 6 nitrogen and oxygen atoms in total. The molecule has 0 aromatic carbocycles. The van der Waals surface area contributed by atoms with Crippen molar-refractivity contribution in [1.29, 1.82) is 0 Å². The van der Waals surface area contributed by atoms with E-state index in [-0.39, 0.29) is 29.7 Å². The molecule has 0 radical (unpaired) electrons. The summed E-state index contributed by atoms with van der Waals surface area (Å²) in [5.41, 5.74) is 0.690. The molecule has 1 aliphatic rings. The SMILES string of the molecule is CN(C)Cc1csc(NC(=O)C2CC(=O)N(C(C)(C)C)C2)n1. The van der Waals surface area contributed by atoms with Crippen molar-refractivity contribution in [3.8, 4) is 0 Å². The highest BCUT2D eigenvalue weighted by atomic mass is 32.1. The molecule has 0 aliphatic carbocycles. The number of carbonyl (C=O) groups excluding carboxylic acids is 2. The second-order valence-electron chi connectivity index (χ2n) is 6.95. The predicted octanol–water partition coefficient (Wildman–Crippen LogP) is 1.79. The molecule has 2 amide bonds. The summed E-state index contributed by atoms with van der Waals surface area (Å²) in [4.78, 5) is 32.6. The van der Waals surface area contributed by atoms with E-state index in [1.54, 1.807) is 4.90 Å². The summed E-state index contributed by atoms with van der Waals surface area (Å²) < 4.78 is 0. The molecule has 1 saturated heterocycles. The summed E-state index contributed by atoms with van der Waals surface area (Å²) in [7, 11) is 3.95. The van der Waals surface area contributed by atoms with Gasteiger partial charge in [0.15, 0.2) is 5.13 Å². The predicted molar refractivity (Wildman–Crippen MR) is 87.7 cm³/mol. The van der Waals surface area contributed by atoms with Gasteiger partial charge in [0.2, 0.25) is 11.8 Å². The smallest absolute Gasteiger partial charge is 0.231 e. The number of nitrogens with one attached hydrogen (secondary N) is 1. The highest BCUT2D eigenvalue weighted by molar-refractivity contribution is 7.13. The largest absolute Gasteiger partial charge is 0.337 e. The second kappa shape index (κ2) is 6.34. The van der Waals surface area contributed by atoms with E-state index >= 15 is 0 Å². The second-order valence-corrected chi connectivity index (χ2v) is 7.81. The maximum absolute atomic E-state index is 12.3. The van der Waals surface area contributed by atoms with Gasteiger partial charge in [0.1, 0.15) is 0 Å². The average Bonchev–Trinajstić information content (AvgIpc) is 2.94. The Morgan fingerprint density at radius 1 is 1.50 bits per heavy atom. The lowest BCUT2D eigenvalue weighted by Crippen LogP contribution is -2.42. The number of amides is 2. The molecule has 2 rings (SSSR count). The van der Waals surface area contributed by atoms with Crippen LogP contribution in [0.5, 0.6) is 0 Å². The van der Waals surface area contributed by atoms with Gasteiger partial charge < -0.3 is 15.1 Å². The van der Waals surface area contributed by atoms with Gasteiger partial charge in [-0.1, -0.05) is 0 Å². The number of thiazole rings is 1. The number of rotatable bonds is 4. The van der Waals surface area contributed by atoms with Crippen molar-refractivity contribution in [3.05, 3.63) is 11.1 Å². The van der Waals surface area contributed by atoms with E-state index < -0.39 is 0 Å². The molecule has 122 valence electrons. The van der Waals surface area contributed by atoms with E-state index in [4.69, 9.17) is 0 Å². The van der Waals surface area contributed by atoms with Gasteiger partial charge in [-0.05, 0) is 34.9 Å². The topological polar surface area (TPSA) is 65.5 Å². The fraction of sp³-hybridized carbons (Fsp3) is 0.667. The molecule has 1 N–H and O–H groups in total. The van der Waals surface area contributed by atoms with E-state index in [0.717, 1.165) is 12.2 Å². The van der Waals surface area contributed by atoms with Crippen molar-refractivity contribution >= 4 is 28.3 Å².